The van der Waals surface area contributed by atoms with Gasteiger partial charge in [-0.1, -0.05) is 0 Å². The lowest BCUT2D eigenvalue weighted by Gasteiger charge is -2.35. The lowest BCUT2D eigenvalue weighted by atomic mass is 10.2. The summed E-state index contributed by atoms with van der Waals surface area (Å²) in [6, 6.07) is 0. The van der Waals surface area contributed by atoms with Gasteiger partial charge in [0.2, 0.25) is 5.91 Å². The van der Waals surface area contributed by atoms with E-state index in [2.05, 4.69) is 29.0 Å². The zero-order valence-electron chi connectivity index (χ0n) is 13.1. The number of nitrogens with one attached hydrogen (secondary N) is 1. The van der Waals surface area contributed by atoms with Crippen LogP contribution in [0.2, 0.25) is 0 Å². The van der Waals surface area contributed by atoms with Crippen molar-refractivity contribution in [3.63, 3.8) is 0 Å². The Hall–Kier alpha value is -0.980. The van der Waals surface area contributed by atoms with E-state index in [9.17, 15) is 4.79 Å². The summed E-state index contributed by atoms with van der Waals surface area (Å²) in [5, 5.41) is 2.99. The number of carbonyl (C=O) groups is 1. The molecule has 1 saturated heterocycles. The second-order valence-electron chi connectivity index (χ2n) is 5.73. The van der Waals surface area contributed by atoms with Crippen molar-refractivity contribution in [3.8, 4) is 0 Å². The summed E-state index contributed by atoms with van der Waals surface area (Å²) >= 11 is 1.65. The summed E-state index contributed by atoms with van der Waals surface area (Å²) in [6.07, 6.45) is 1.94. The summed E-state index contributed by atoms with van der Waals surface area (Å²) in [5.74, 6) is 0.129. The SMILES string of the molecule is Cc1ncsc1CCNC(=O)CCN1CC(C)OC(C)C1. The molecule has 5 nitrogen and oxygen atoms in total. The quantitative estimate of drug-likeness (QED) is 0.867. The van der Waals surface area contributed by atoms with E-state index in [1.165, 1.54) is 4.88 Å². The first-order valence-corrected chi connectivity index (χ1v) is 8.46. The summed E-state index contributed by atoms with van der Waals surface area (Å²) in [6.45, 7) is 9.51. The Labute approximate surface area is 130 Å². The molecule has 0 aliphatic carbocycles. The van der Waals surface area contributed by atoms with E-state index in [1.807, 2.05) is 12.4 Å². The van der Waals surface area contributed by atoms with E-state index in [-0.39, 0.29) is 18.1 Å². The molecule has 1 fully saturated rings. The molecule has 0 saturated carbocycles. The van der Waals surface area contributed by atoms with E-state index < -0.39 is 0 Å². The number of carbonyl (C=O) groups excluding carboxylic acids is 1. The van der Waals surface area contributed by atoms with E-state index in [0.29, 0.717) is 13.0 Å². The number of aromatic nitrogens is 1. The normalized spacial score (nSPS) is 23.2. The Morgan fingerprint density at radius 2 is 2.19 bits per heavy atom. The number of aryl methyl sites for hydroxylation is 1. The van der Waals surface area contributed by atoms with Crippen molar-refractivity contribution in [2.45, 2.75) is 45.8 Å². The fourth-order valence-electron chi connectivity index (χ4n) is 2.70. The Bertz CT molecular complexity index is 454. The lowest BCUT2D eigenvalue weighted by molar-refractivity contribution is -0.122. The molecule has 1 aromatic heterocycles. The van der Waals surface area contributed by atoms with Crippen LogP contribution in [0, 0.1) is 6.92 Å². The number of rotatable bonds is 6. The van der Waals surface area contributed by atoms with Gasteiger partial charge < -0.3 is 10.1 Å². The summed E-state index contributed by atoms with van der Waals surface area (Å²) in [4.78, 5) is 19.7. The maximum absolute atomic E-state index is 11.9. The van der Waals surface area contributed by atoms with Gasteiger partial charge in [-0.2, -0.15) is 0 Å². The van der Waals surface area contributed by atoms with Gasteiger partial charge in [-0.3, -0.25) is 9.69 Å². The van der Waals surface area contributed by atoms with Crippen LogP contribution in [0.5, 0.6) is 0 Å². The monoisotopic (exact) mass is 311 g/mol. The molecule has 21 heavy (non-hydrogen) atoms. The Balaban J connectivity index is 1.62. The third kappa shape index (κ3) is 5.37. The van der Waals surface area contributed by atoms with Gasteiger partial charge >= 0.3 is 0 Å². The molecule has 1 N–H and O–H groups in total. The van der Waals surface area contributed by atoms with Crippen molar-refractivity contribution >= 4 is 17.2 Å². The van der Waals surface area contributed by atoms with Gasteiger partial charge in [-0.25, -0.2) is 4.98 Å². The Morgan fingerprint density at radius 3 is 2.81 bits per heavy atom. The molecular weight excluding hydrogens is 286 g/mol. The van der Waals surface area contributed by atoms with Crippen LogP contribution in [0.1, 0.15) is 30.8 Å². The molecular formula is C15H25N3O2S. The van der Waals surface area contributed by atoms with Crippen LogP contribution in [0.25, 0.3) is 0 Å². The zero-order valence-corrected chi connectivity index (χ0v) is 13.9. The molecule has 0 bridgehead atoms. The van der Waals surface area contributed by atoms with Gasteiger partial charge in [0.05, 0.1) is 23.4 Å². The second-order valence-corrected chi connectivity index (χ2v) is 6.67. The molecule has 1 aliphatic rings. The Morgan fingerprint density at radius 1 is 1.48 bits per heavy atom. The van der Waals surface area contributed by atoms with E-state index in [4.69, 9.17) is 4.74 Å². The molecule has 2 rings (SSSR count). The number of hydrogen-bond acceptors (Lipinski definition) is 5. The van der Waals surface area contributed by atoms with Crippen molar-refractivity contribution in [1.29, 1.82) is 0 Å². The fraction of sp³-hybridized carbons (Fsp3) is 0.733. The van der Waals surface area contributed by atoms with Gasteiger partial charge in [0.15, 0.2) is 0 Å². The van der Waals surface area contributed by atoms with Gasteiger partial charge in [0.25, 0.3) is 0 Å². The number of thiazole rings is 1. The van der Waals surface area contributed by atoms with Crippen molar-refractivity contribution in [2.75, 3.05) is 26.2 Å². The molecule has 6 heteroatoms. The number of amides is 1. The van der Waals surface area contributed by atoms with Crippen LogP contribution in [0.4, 0.5) is 0 Å². The van der Waals surface area contributed by atoms with Crippen LogP contribution in [-0.2, 0) is 16.0 Å². The van der Waals surface area contributed by atoms with Crippen molar-refractivity contribution < 1.29 is 9.53 Å². The number of nitrogens with zero attached hydrogens (tertiary/aromatic N) is 2. The standard InChI is InChI=1S/C15H25N3O2S/c1-11-8-18(9-12(2)20-11)7-5-15(19)16-6-4-14-13(3)17-10-21-14/h10-12H,4-9H2,1-3H3,(H,16,19). The first kappa shape index (κ1) is 16.4. The molecule has 2 heterocycles. The smallest absolute Gasteiger partial charge is 0.221 e. The maximum Gasteiger partial charge on any atom is 0.221 e. The van der Waals surface area contributed by atoms with Gasteiger partial charge in [0, 0.05) is 43.9 Å². The minimum absolute atomic E-state index is 0.129. The summed E-state index contributed by atoms with van der Waals surface area (Å²) in [7, 11) is 0. The molecule has 0 radical (unpaired) electrons. The van der Waals surface area contributed by atoms with Crippen molar-refractivity contribution in [3.05, 3.63) is 16.1 Å². The molecule has 0 aromatic carbocycles. The van der Waals surface area contributed by atoms with E-state index in [0.717, 1.165) is 31.7 Å². The fourth-order valence-corrected chi connectivity index (χ4v) is 3.48. The predicted octanol–water partition coefficient (Wildman–Crippen LogP) is 1.61. The first-order chi connectivity index (χ1) is 10.0. The molecule has 2 unspecified atom stereocenters. The molecule has 1 aromatic rings. The van der Waals surface area contributed by atoms with Gasteiger partial charge in [-0.15, -0.1) is 11.3 Å². The van der Waals surface area contributed by atoms with Gasteiger partial charge in [0.1, 0.15) is 0 Å². The largest absolute Gasteiger partial charge is 0.373 e. The highest BCUT2D eigenvalue weighted by Crippen LogP contribution is 2.12. The highest BCUT2D eigenvalue weighted by Gasteiger charge is 2.22. The average molecular weight is 311 g/mol. The van der Waals surface area contributed by atoms with Crippen molar-refractivity contribution in [1.82, 2.24) is 15.2 Å². The number of hydrogen-bond donors (Lipinski definition) is 1. The van der Waals surface area contributed by atoms with Crippen LogP contribution in [-0.4, -0.2) is 54.2 Å². The van der Waals surface area contributed by atoms with Crippen LogP contribution >= 0.6 is 11.3 Å². The third-order valence-electron chi connectivity index (χ3n) is 3.67. The molecule has 0 spiro atoms. The van der Waals surface area contributed by atoms with Gasteiger partial charge in [-0.05, 0) is 20.8 Å². The van der Waals surface area contributed by atoms with Crippen LogP contribution in [0.3, 0.4) is 0 Å². The maximum atomic E-state index is 11.9. The summed E-state index contributed by atoms with van der Waals surface area (Å²) in [5.41, 5.74) is 2.93. The Kier molecular flexibility index (Phi) is 6.14. The highest BCUT2D eigenvalue weighted by atomic mass is 32.1. The molecule has 1 amide bonds. The van der Waals surface area contributed by atoms with Crippen LogP contribution < -0.4 is 5.32 Å². The average Bonchev–Trinajstić information content (AvgIpc) is 2.81. The minimum Gasteiger partial charge on any atom is -0.373 e. The number of ether oxygens (including phenoxy) is 1. The number of morpholine rings is 1. The van der Waals surface area contributed by atoms with E-state index >= 15 is 0 Å². The molecule has 1 aliphatic heterocycles. The zero-order chi connectivity index (χ0) is 15.2. The predicted molar refractivity (Wildman–Crippen MR) is 84.6 cm³/mol. The molecule has 118 valence electrons. The third-order valence-corrected chi connectivity index (χ3v) is 4.66. The highest BCUT2D eigenvalue weighted by molar-refractivity contribution is 7.09. The lowest BCUT2D eigenvalue weighted by Crippen LogP contribution is -2.46. The minimum atomic E-state index is 0.129. The first-order valence-electron chi connectivity index (χ1n) is 7.58. The van der Waals surface area contributed by atoms with E-state index in [1.54, 1.807) is 11.3 Å². The second kappa shape index (κ2) is 7.87. The van der Waals surface area contributed by atoms with Crippen molar-refractivity contribution in [2.24, 2.45) is 0 Å². The summed E-state index contributed by atoms with van der Waals surface area (Å²) < 4.78 is 5.69. The topological polar surface area (TPSA) is 54.5 Å². The molecule has 2 atom stereocenters. The van der Waals surface area contributed by atoms with Crippen LogP contribution in [0.15, 0.2) is 5.51 Å².